The molecule has 0 spiro atoms. The second-order valence-corrected chi connectivity index (χ2v) is 10.4. The first-order valence-electron chi connectivity index (χ1n) is 12.5. The van der Waals surface area contributed by atoms with Gasteiger partial charge in [-0.25, -0.2) is 18.6 Å². The Balaban J connectivity index is 1.70. The third-order valence-electron chi connectivity index (χ3n) is 5.67. The average molecular weight is 574 g/mol. The summed E-state index contributed by atoms with van der Waals surface area (Å²) in [5.74, 6) is -0.911. The molecule has 1 aliphatic heterocycles. The number of pyridine rings is 2. The topological polar surface area (TPSA) is 97.3 Å². The zero-order valence-electron chi connectivity index (χ0n) is 23.5. The number of thiazole rings is 1. The quantitative estimate of drug-likeness (QED) is 0.364. The number of aryl methyl sites for hydroxylation is 1. The van der Waals surface area contributed by atoms with Gasteiger partial charge in [0.25, 0.3) is 0 Å². The van der Waals surface area contributed by atoms with Crippen molar-refractivity contribution >= 4 is 40.5 Å². The van der Waals surface area contributed by atoms with Gasteiger partial charge in [-0.1, -0.05) is 11.6 Å². The van der Waals surface area contributed by atoms with Crippen LogP contribution in [0.1, 0.15) is 47.4 Å². The first-order chi connectivity index (χ1) is 19.1. The maximum absolute atomic E-state index is 14.3. The number of halogens is 3. The number of hydrogen-bond acceptors (Lipinski definition) is 8. The number of allylic oxidation sites excluding steroid dienone is 3. The summed E-state index contributed by atoms with van der Waals surface area (Å²) in [6.07, 6.45) is 3.64. The first kappa shape index (κ1) is 25.4. The van der Waals surface area contributed by atoms with Crippen LogP contribution in [0.15, 0.2) is 58.2 Å². The summed E-state index contributed by atoms with van der Waals surface area (Å²) in [4.78, 5) is 37.9. The summed E-state index contributed by atoms with van der Waals surface area (Å²) in [6, 6.07) is 2.20. The Morgan fingerprint density at radius 3 is 2.69 bits per heavy atom. The summed E-state index contributed by atoms with van der Waals surface area (Å²) in [6.45, 7) is 5.65. The van der Waals surface area contributed by atoms with Gasteiger partial charge in [0.1, 0.15) is 39.6 Å². The fourth-order valence-electron chi connectivity index (χ4n) is 3.83. The van der Waals surface area contributed by atoms with E-state index in [1.165, 1.54) is 29.2 Å². The van der Waals surface area contributed by atoms with E-state index in [1.807, 2.05) is 19.2 Å². The molecule has 0 saturated heterocycles. The van der Waals surface area contributed by atoms with E-state index in [2.05, 4.69) is 20.3 Å². The van der Waals surface area contributed by atoms with Gasteiger partial charge >= 0.3 is 0 Å². The molecule has 0 radical (unpaired) electrons. The highest BCUT2D eigenvalue weighted by atomic mass is 35.5. The predicted octanol–water partition coefficient (Wildman–Crippen LogP) is 5.66. The number of nitrogens with one attached hydrogen (secondary N) is 1. The molecule has 0 bridgehead atoms. The Labute approximate surface area is 235 Å². The van der Waals surface area contributed by atoms with E-state index in [4.69, 9.17) is 19.1 Å². The van der Waals surface area contributed by atoms with E-state index in [-0.39, 0.29) is 22.4 Å². The zero-order chi connectivity index (χ0) is 30.3. The van der Waals surface area contributed by atoms with E-state index in [9.17, 15) is 18.4 Å². The van der Waals surface area contributed by atoms with Gasteiger partial charge in [-0.3, -0.25) is 14.8 Å². The number of anilines is 1. The van der Waals surface area contributed by atoms with Crippen LogP contribution >= 0.6 is 22.9 Å². The number of carbonyl (C=O) groups excluding carboxylic acids is 2. The molecule has 0 atom stereocenters. The Hall–Kier alpha value is -3.92. The molecule has 0 fully saturated rings. The maximum Gasteiger partial charge on any atom is 0.217 e. The maximum atomic E-state index is 14.3. The van der Waals surface area contributed by atoms with Crippen molar-refractivity contribution in [2.45, 2.75) is 46.7 Å². The lowest BCUT2D eigenvalue weighted by Crippen LogP contribution is -2.39. The van der Waals surface area contributed by atoms with E-state index < -0.39 is 29.4 Å². The molecule has 12 heteroatoms. The van der Waals surface area contributed by atoms with Crippen LogP contribution in [-0.4, -0.2) is 26.8 Å². The van der Waals surface area contributed by atoms with E-state index >= 15 is 0 Å². The van der Waals surface area contributed by atoms with Crippen LogP contribution in [0.3, 0.4) is 0 Å². The van der Waals surface area contributed by atoms with Crippen molar-refractivity contribution in [1.29, 1.82) is 0 Å². The number of aromatic nitrogens is 3. The van der Waals surface area contributed by atoms with Crippen molar-refractivity contribution < 1.29 is 25.8 Å². The van der Waals surface area contributed by atoms with Gasteiger partial charge in [0.05, 0.1) is 25.9 Å². The third kappa shape index (κ3) is 5.90. The molecule has 0 aromatic carbocycles. The molecule has 0 unspecified atom stereocenters. The van der Waals surface area contributed by atoms with Gasteiger partial charge < -0.3 is 15.0 Å². The molecule has 1 amide bonds. The summed E-state index contributed by atoms with van der Waals surface area (Å²) in [5.41, 5.74) is 1.05. The highest BCUT2D eigenvalue weighted by molar-refractivity contribution is 7.13. The molecular formula is C27H24ClF2N5O3S. The third-order valence-corrected chi connectivity index (χ3v) is 6.90. The highest BCUT2D eigenvalue weighted by Crippen LogP contribution is 2.39. The fraction of sp³-hybridized carbons (Fsp3) is 0.259. The van der Waals surface area contributed by atoms with Gasteiger partial charge in [-0.05, 0) is 39.3 Å². The average Bonchev–Trinajstić information content (AvgIpc) is 3.37. The molecule has 0 saturated carbocycles. The normalized spacial score (nSPS) is 14.9. The standard InChI is InChI=1S/C27H24ClF2N5O3S/c1-14-9-31-19(26-33-24(13-39-26)27(4,5)34-16(3)37)8-21(14)35-15(2)6-23(25(28)22(35)11-36)38-12-20-18(30)7-17(29)10-32-20/h6-10,13H,12H2,1-5H3,(H,34,37)/i12D2. The minimum atomic E-state index is -2.85. The van der Waals surface area contributed by atoms with Crippen molar-refractivity contribution in [1.82, 2.24) is 20.3 Å². The molecule has 202 valence electrons. The molecule has 1 N–H and O–H groups in total. The Morgan fingerprint density at radius 2 is 2.03 bits per heavy atom. The van der Waals surface area contributed by atoms with Crippen molar-refractivity contribution in [3.05, 3.63) is 86.8 Å². The monoisotopic (exact) mass is 573 g/mol. The van der Waals surface area contributed by atoms with Gasteiger partial charge in [0.2, 0.25) is 5.91 Å². The number of hydrogen-bond donors (Lipinski definition) is 1. The van der Waals surface area contributed by atoms with Gasteiger partial charge in [0.15, 0.2) is 17.5 Å². The SMILES string of the molecule is [2H]C([2H])(OC1=C(Cl)C(=C=O)N(c2cc(-c3nc(C(C)(C)NC(C)=O)cs3)ncc2C)C(C)=C1)c1ncc(F)cc1F. The lowest BCUT2D eigenvalue weighted by Gasteiger charge is -2.31. The summed E-state index contributed by atoms with van der Waals surface area (Å²) in [7, 11) is 0. The smallest absolute Gasteiger partial charge is 0.217 e. The molecule has 0 aliphatic carbocycles. The Morgan fingerprint density at radius 1 is 1.28 bits per heavy atom. The molecule has 4 heterocycles. The van der Waals surface area contributed by atoms with Crippen LogP contribution in [0, 0.1) is 18.6 Å². The summed E-state index contributed by atoms with van der Waals surface area (Å²) in [5, 5.41) is 4.96. The summed E-state index contributed by atoms with van der Waals surface area (Å²) >= 11 is 7.82. The second kappa shape index (κ2) is 11.1. The van der Waals surface area contributed by atoms with E-state index in [1.54, 1.807) is 32.1 Å². The highest BCUT2D eigenvalue weighted by Gasteiger charge is 2.29. The van der Waals surface area contributed by atoms with Crippen molar-refractivity contribution in [2.75, 3.05) is 4.90 Å². The van der Waals surface area contributed by atoms with E-state index in [0.717, 1.165) is 0 Å². The van der Waals surface area contributed by atoms with Crippen LogP contribution in [0.2, 0.25) is 0 Å². The number of nitrogens with zero attached hydrogens (tertiary/aromatic N) is 4. The lowest BCUT2D eigenvalue weighted by atomic mass is 10.0. The van der Waals surface area contributed by atoms with Gasteiger partial charge in [-0.15, -0.1) is 11.3 Å². The zero-order valence-corrected chi connectivity index (χ0v) is 23.1. The summed E-state index contributed by atoms with van der Waals surface area (Å²) < 4.78 is 49.3. The van der Waals surface area contributed by atoms with Crippen LogP contribution in [-0.2, 0) is 26.4 Å². The Bertz CT molecular complexity index is 1670. The van der Waals surface area contributed by atoms with Crippen LogP contribution in [0.4, 0.5) is 14.5 Å². The molecule has 8 nitrogen and oxygen atoms in total. The fourth-order valence-corrected chi connectivity index (χ4v) is 5.00. The largest absolute Gasteiger partial charge is 0.485 e. The van der Waals surface area contributed by atoms with E-state index in [0.29, 0.717) is 45.6 Å². The van der Waals surface area contributed by atoms with Crippen LogP contribution < -0.4 is 10.2 Å². The predicted molar refractivity (Wildman–Crippen MR) is 144 cm³/mol. The van der Waals surface area contributed by atoms with Crippen LogP contribution in [0.5, 0.6) is 0 Å². The Kier molecular flexibility index (Phi) is 7.19. The molecule has 1 aliphatic rings. The van der Waals surface area contributed by atoms with Crippen molar-refractivity contribution in [3.63, 3.8) is 0 Å². The minimum absolute atomic E-state index is 0.183. The second-order valence-electron chi connectivity index (χ2n) is 9.14. The first-order valence-corrected chi connectivity index (χ1v) is 12.8. The molecule has 3 aromatic rings. The van der Waals surface area contributed by atoms with Gasteiger partial charge in [-0.2, -0.15) is 0 Å². The number of carbonyl (C=O) groups is 1. The minimum Gasteiger partial charge on any atom is -0.485 e. The van der Waals surface area contributed by atoms with Crippen molar-refractivity contribution in [2.24, 2.45) is 0 Å². The lowest BCUT2D eigenvalue weighted by molar-refractivity contribution is -0.120. The number of ether oxygens (including phenoxy) is 1. The molecule has 3 aromatic heterocycles. The van der Waals surface area contributed by atoms with Crippen LogP contribution in [0.25, 0.3) is 10.7 Å². The molecule has 4 rings (SSSR count). The number of amides is 1. The van der Waals surface area contributed by atoms with Crippen molar-refractivity contribution in [3.8, 4) is 10.7 Å². The number of rotatable bonds is 7. The molecular weight excluding hydrogens is 548 g/mol. The van der Waals surface area contributed by atoms with Gasteiger partial charge in [0, 0.05) is 36.3 Å². The molecule has 39 heavy (non-hydrogen) atoms.